The van der Waals surface area contributed by atoms with E-state index in [4.69, 9.17) is 0 Å². The number of rotatable bonds is 1. The van der Waals surface area contributed by atoms with E-state index in [-0.39, 0.29) is 11.6 Å². The van der Waals surface area contributed by atoms with E-state index in [0.29, 0.717) is 23.0 Å². The van der Waals surface area contributed by atoms with E-state index in [2.05, 4.69) is 20.9 Å². The van der Waals surface area contributed by atoms with Gasteiger partial charge in [-0.05, 0) is 34.8 Å². The molecule has 0 saturated heterocycles. The molecule has 0 amide bonds. The highest BCUT2D eigenvalue weighted by atomic mass is 79.9. The normalized spacial score (nSPS) is 28.1. The van der Waals surface area contributed by atoms with Crippen LogP contribution in [0.3, 0.4) is 0 Å². The zero-order valence-electron chi connectivity index (χ0n) is 9.42. The molecule has 6 heteroatoms. The van der Waals surface area contributed by atoms with Gasteiger partial charge in [0.1, 0.15) is 0 Å². The average Bonchev–Trinajstić information content (AvgIpc) is 2.84. The zero-order chi connectivity index (χ0) is 12.9. The highest BCUT2D eigenvalue weighted by Gasteiger charge is 2.33. The predicted molar refractivity (Wildman–Crippen MR) is 66.8 cm³/mol. The van der Waals surface area contributed by atoms with Crippen LogP contribution in [0.1, 0.15) is 24.5 Å². The molecule has 18 heavy (non-hydrogen) atoms. The van der Waals surface area contributed by atoms with Crippen molar-refractivity contribution in [1.82, 2.24) is 9.38 Å². The molecular formula is C12H12BrFN2O2. The van der Waals surface area contributed by atoms with Crippen molar-refractivity contribution in [1.29, 1.82) is 0 Å². The summed E-state index contributed by atoms with van der Waals surface area (Å²) in [5.74, 6) is -0.414. The molecule has 2 heterocycles. The van der Waals surface area contributed by atoms with Crippen LogP contribution in [0.5, 0.6) is 0 Å². The fraction of sp³-hybridized carbons (Fsp3) is 0.417. The minimum atomic E-state index is -0.712. The minimum Gasteiger partial charge on any atom is -0.390 e. The quantitative estimate of drug-likeness (QED) is 0.844. The van der Waals surface area contributed by atoms with Gasteiger partial charge in [0.2, 0.25) is 0 Å². The van der Waals surface area contributed by atoms with E-state index >= 15 is 0 Å². The number of pyridine rings is 1. The van der Waals surface area contributed by atoms with Crippen molar-refractivity contribution >= 4 is 21.6 Å². The molecule has 2 aromatic heterocycles. The average molecular weight is 315 g/mol. The number of hydrogen-bond acceptors (Lipinski definition) is 3. The fourth-order valence-electron chi connectivity index (χ4n) is 2.48. The highest BCUT2D eigenvalue weighted by molar-refractivity contribution is 9.10. The van der Waals surface area contributed by atoms with E-state index in [1.807, 2.05) is 0 Å². The number of hydrogen-bond donors (Lipinski definition) is 2. The Morgan fingerprint density at radius 2 is 1.94 bits per heavy atom. The third-order valence-electron chi connectivity index (χ3n) is 3.41. The van der Waals surface area contributed by atoms with Gasteiger partial charge in [-0.2, -0.15) is 0 Å². The maximum Gasteiger partial charge on any atom is 0.173 e. The molecule has 0 bridgehead atoms. The minimum absolute atomic E-state index is 0.0203. The van der Waals surface area contributed by atoms with Crippen molar-refractivity contribution in [3.8, 4) is 0 Å². The number of aromatic nitrogens is 2. The topological polar surface area (TPSA) is 57.8 Å². The van der Waals surface area contributed by atoms with Crippen LogP contribution < -0.4 is 0 Å². The molecule has 3 rings (SSSR count). The van der Waals surface area contributed by atoms with E-state index in [0.717, 1.165) is 0 Å². The van der Waals surface area contributed by atoms with Crippen LogP contribution in [-0.4, -0.2) is 31.8 Å². The molecule has 2 N–H and O–H groups in total. The summed E-state index contributed by atoms with van der Waals surface area (Å²) >= 11 is 3.23. The van der Waals surface area contributed by atoms with Crippen molar-refractivity contribution in [3.05, 3.63) is 34.4 Å². The molecule has 96 valence electrons. The van der Waals surface area contributed by atoms with Gasteiger partial charge in [0.15, 0.2) is 11.5 Å². The van der Waals surface area contributed by atoms with Gasteiger partial charge in [-0.25, -0.2) is 9.37 Å². The number of halogens is 2. The Bertz CT molecular complexity index is 591. The molecule has 0 aromatic carbocycles. The Hall–Kier alpha value is -0.980. The van der Waals surface area contributed by atoms with E-state index in [1.165, 1.54) is 6.07 Å². The molecule has 1 aliphatic carbocycles. The van der Waals surface area contributed by atoms with E-state index in [1.54, 1.807) is 16.8 Å². The van der Waals surface area contributed by atoms with Crippen LogP contribution in [0.4, 0.5) is 4.39 Å². The van der Waals surface area contributed by atoms with E-state index in [9.17, 15) is 14.6 Å². The molecule has 1 aliphatic rings. The predicted octanol–water partition coefficient (Wildman–Crippen LogP) is 1.84. The van der Waals surface area contributed by atoms with Crippen molar-refractivity contribution in [3.63, 3.8) is 0 Å². The Labute approximate surface area is 111 Å². The second-order valence-electron chi connectivity index (χ2n) is 4.71. The maximum absolute atomic E-state index is 13.7. The summed E-state index contributed by atoms with van der Waals surface area (Å²) in [7, 11) is 0. The Kier molecular flexibility index (Phi) is 2.88. The first-order valence-electron chi connectivity index (χ1n) is 5.74. The summed E-state index contributed by atoms with van der Waals surface area (Å²) in [6, 6.07) is 1.37. The second-order valence-corrected chi connectivity index (χ2v) is 5.62. The van der Waals surface area contributed by atoms with Gasteiger partial charge in [-0.1, -0.05) is 0 Å². The van der Waals surface area contributed by atoms with Crippen molar-refractivity contribution in [2.45, 2.75) is 31.0 Å². The third kappa shape index (κ3) is 1.94. The largest absolute Gasteiger partial charge is 0.390 e. The van der Waals surface area contributed by atoms with Crippen LogP contribution in [-0.2, 0) is 0 Å². The third-order valence-corrected chi connectivity index (χ3v) is 3.84. The molecular weight excluding hydrogens is 303 g/mol. The Balaban J connectivity index is 2.01. The molecule has 0 spiro atoms. The lowest BCUT2D eigenvalue weighted by Gasteiger charge is -2.03. The van der Waals surface area contributed by atoms with Crippen molar-refractivity contribution in [2.75, 3.05) is 0 Å². The number of imidazole rings is 1. The summed E-state index contributed by atoms with van der Waals surface area (Å²) in [6.07, 6.45) is 2.99. The van der Waals surface area contributed by atoms with Gasteiger partial charge in [0.25, 0.3) is 0 Å². The highest BCUT2D eigenvalue weighted by Crippen LogP contribution is 2.34. The summed E-state index contributed by atoms with van der Waals surface area (Å²) in [5.41, 5.74) is 0.978. The second kappa shape index (κ2) is 4.29. The van der Waals surface area contributed by atoms with Gasteiger partial charge in [-0.15, -0.1) is 0 Å². The Morgan fingerprint density at radius 1 is 1.28 bits per heavy atom. The van der Waals surface area contributed by atoms with Crippen molar-refractivity contribution < 1.29 is 14.6 Å². The summed E-state index contributed by atoms with van der Waals surface area (Å²) in [5, 5.41) is 19.1. The molecule has 4 nitrogen and oxygen atoms in total. The van der Waals surface area contributed by atoms with Gasteiger partial charge in [-0.3, -0.25) is 0 Å². The van der Waals surface area contributed by atoms with Crippen molar-refractivity contribution in [2.24, 2.45) is 0 Å². The Morgan fingerprint density at radius 3 is 2.61 bits per heavy atom. The van der Waals surface area contributed by atoms with Gasteiger partial charge in [0, 0.05) is 22.8 Å². The smallest absolute Gasteiger partial charge is 0.173 e. The summed E-state index contributed by atoms with van der Waals surface area (Å²) < 4.78 is 15.9. The lowest BCUT2D eigenvalue weighted by atomic mass is 10.1. The monoisotopic (exact) mass is 314 g/mol. The van der Waals surface area contributed by atoms with Gasteiger partial charge < -0.3 is 14.6 Å². The number of fused-ring (bicyclic) bond motifs is 1. The fourth-order valence-corrected chi connectivity index (χ4v) is 2.90. The number of nitrogens with zero attached hydrogens (tertiary/aromatic N) is 2. The van der Waals surface area contributed by atoms with E-state index < -0.39 is 18.0 Å². The van der Waals surface area contributed by atoms with Gasteiger partial charge in [0.05, 0.1) is 17.9 Å². The van der Waals surface area contributed by atoms with Crippen LogP contribution in [0.15, 0.2) is 22.9 Å². The number of aliphatic hydroxyl groups excluding tert-OH is 2. The number of aliphatic hydroxyl groups is 2. The maximum atomic E-state index is 13.7. The molecule has 1 fully saturated rings. The van der Waals surface area contributed by atoms with Crippen LogP contribution >= 0.6 is 15.9 Å². The molecule has 0 radical (unpaired) electrons. The van der Waals surface area contributed by atoms with Gasteiger partial charge >= 0.3 is 0 Å². The first kappa shape index (κ1) is 12.1. The molecule has 2 aromatic rings. The zero-order valence-corrected chi connectivity index (χ0v) is 11.0. The lowest BCUT2D eigenvalue weighted by Crippen LogP contribution is -2.17. The standard InChI is InChI=1S/C12H12BrFN2O2/c13-7-3-8(14)12-15-9(5-16(12)4-7)6-1-10(17)11(18)2-6/h3-6,10-11,17-18H,1-2H2. The molecule has 1 saturated carbocycles. The van der Waals surface area contributed by atoms with Crippen LogP contribution in [0, 0.1) is 5.82 Å². The first-order valence-corrected chi connectivity index (χ1v) is 6.53. The first-order chi connectivity index (χ1) is 8.54. The van der Waals surface area contributed by atoms with Crippen LogP contribution in [0.2, 0.25) is 0 Å². The SMILES string of the molecule is OC1CC(c2cn3cc(Br)cc(F)c3n2)CC1O. The molecule has 0 aliphatic heterocycles. The summed E-state index contributed by atoms with van der Waals surface area (Å²) in [6.45, 7) is 0. The molecule has 2 atom stereocenters. The molecule has 2 unspecified atom stereocenters. The van der Waals surface area contributed by atoms with Crippen LogP contribution in [0.25, 0.3) is 5.65 Å². The summed E-state index contributed by atoms with van der Waals surface area (Å²) in [4.78, 5) is 4.25. The lowest BCUT2D eigenvalue weighted by molar-refractivity contribution is 0.0438.